The SMILES string of the molecule is CCNc1ncc(C)c(Oc2cccc(C)c2C)n1. The number of hydrogen-bond acceptors (Lipinski definition) is 4. The summed E-state index contributed by atoms with van der Waals surface area (Å²) in [6.45, 7) is 8.85. The zero-order chi connectivity index (χ0) is 13.8. The maximum absolute atomic E-state index is 5.92. The van der Waals surface area contributed by atoms with E-state index in [1.165, 1.54) is 5.56 Å². The molecule has 0 atom stereocenters. The Hall–Kier alpha value is -2.10. The van der Waals surface area contributed by atoms with Crippen LogP contribution in [0.2, 0.25) is 0 Å². The maximum Gasteiger partial charge on any atom is 0.226 e. The zero-order valence-corrected chi connectivity index (χ0v) is 11.8. The number of aryl methyl sites for hydroxylation is 2. The average molecular weight is 257 g/mol. The highest BCUT2D eigenvalue weighted by atomic mass is 16.5. The van der Waals surface area contributed by atoms with Gasteiger partial charge >= 0.3 is 0 Å². The van der Waals surface area contributed by atoms with Gasteiger partial charge in [0.05, 0.1) is 0 Å². The quantitative estimate of drug-likeness (QED) is 0.908. The maximum atomic E-state index is 5.92. The van der Waals surface area contributed by atoms with Gasteiger partial charge in [-0.05, 0) is 44.9 Å². The topological polar surface area (TPSA) is 47.0 Å². The van der Waals surface area contributed by atoms with E-state index in [9.17, 15) is 0 Å². The summed E-state index contributed by atoms with van der Waals surface area (Å²) >= 11 is 0. The van der Waals surface area contributed by atoms with Gasteiger partial charge in [0.1, 0.15) is 5.75 Å². The standard InChI is InChI=1S/C15H19N3O/c1-5-16-15-17-9-11(3)14(18-15)19-13-8-6-7-10(2)12(13)4/h6-9H,5H2,1-4H3,(H,16,17,18). The summed E-state index contributed by atoms with van der Waals surface area (Å²) in [5.41, 5.74) is 3.25. The van der Waals surface area contributed by atoms with Gasteiger partial charge in [0.2, 0.25) is 11.8 Å². The molecule has 0 saturated heterocycles. The minimum atomic E-state index is 0.591. The molecule has 1 heterocycles. The van der Waals surface area contributed by atoms with Crippen molar-refractivity contribution in [2.24, 2.45) is 0 Å². The van der Waals surface area contributed by atoms with Crippen molar-refractivity contribution in [2.75, 3.05) is 11.9 Å². The van der Waals surface area contributed by atoms with E-state index in [2.05, 4.69) is 28.3 Å². The van der Waals surface area contributed by atoms with E-state index in [4.69, 9.17) is 4.74 Å². The third-order valence-corrected chi connectivity index (χ3v) is 3.02. The van der Waals surface area contributed by atoms with Crippen LogP contribution in [0.5, 0.6) is 11.6 Å². The Balaban J connectivity index is 2.32. The number of nitrogens with zero attached hydrogens (tertiary/aromatic N) is 2. The first-order valence-corrected chi connectivity index (χ1v) is 6.43. The second kappa shape index (κ2) is 5.69. The van der Waals surface area contributed by atoms with Crippen LogP contribution in [0.15, 0.2) is 24.4 Å². The van der Waals surface area contributed by atoms with Crippen molar-refractivity contribution in [3.8, 4) is 11.6 Å². The van der Waals surface area contributed by atoms with Crippen LogP contribution in [0.25, 0.3) is 0 Å². The van der Waals surface area contributed by atoms with Crippen LogP contribution in [0.3, 0.4) is 0 Å². The molecule has 0 fully saturated rings. The Bertz CT molecular complexity index is 582. The normalized spacial score (nSPS) is 10.3. The Morgan fingerprint density at radius 2 is 1.95 bits per heavy atom. The number of ether oxygens (including phenoxy) is 1. The lowest BCUT2D eigenvalue weighted by Crippen LogP contribution is -2.04. The van der Waals surface area contributed by atoms with Gasteiger partial charge in [-0.2, -0.15) is 4.98 Å². The van der Waals surface area contributed by atoms with E-state index in [-0.39, 0.29) is 0 Å². The van der Waals surface area contributed by atoms with Gasteiger partial charge in [-0.15, -0.1) is 0 Å². The number of anilines is 1. The Morgan fingerprint density at radius 1 is 1.16 bits per heavy atom. The van der Waals surface area contributed by atoms with Gasteiger partial charge in [-0.3, -0.25) is 0 Å². The second-order valence-electron chi connectivity index (χ2n) is 4.51. The summed E-state index contributed by atoms with van der Waals surface area (Å²) in [6.07, 6.45) is 1.77. The number of hydrogen-bond donors (Lipinski definition) is 1. The molecule has 0 aliphatic heterocycles. The lowest BCUT2D eigenvalue weighted by Gasteiger charge is -2.12. The van der Waals surface area contributed by atoms with Crippen LogP contribution in [0, 0.1) is 20.8 Å². The van der Waals surface area contributed by atoms with Gasteiger partial charge in [0, 0.05) is 18.3 Å². The van der Waals surface area contributed by atoms with Crippen molar-refractivity contribution >= 4 is 5.95 Å². The first-order chi connectivity index (χ1) is 9.11. The van der Waals surface area contributed by atoms with Crippen molar-refractivity contribution in [2.45, 2.75) is 27.7 Å². The molecule has 0 aliphatic rings. The lowest BCUT2D eigenvalue weighted by atomic mass is 10.1. The highest BCUT2D eigenvalue weighted by molar-refractivity contribution is 5.42. The summed E-state index contributed by atoms with van der Waals surface area (Å²) in [7, 11) is 0. The first kappa shape index (κ1) is 13.3. The molecular weight excluding hydrogens is 238 g/mol. The summed E-state index contributed by atoms with van der Waals surface area (Å²) < 4.78 is 5.92. The summed E-state index contributed by atoms with van der Waals surface area (Å²) in [6, 6.07) is 6.01. The van der Waals surface area contributed by atoms with E-state index in [0.717, 1.165) is 23.4 Å². The van der Waals surface area contributed by atoms with Gasteiger partial charge in [-0.1, -0.05) is 12.1 Å². The van der Waals surface area contributed by atoms with Crippen LogP contribution in [-0.4, -0.2) is 16.5 Å². The summed E-state index contributed by atoms with van der Waals surface area (Å²) in [4.78, 5) is 8.59. The zero-order valence-electron chi connectivity index (χ0n) is 11.8. The Kier molecular flexibility index (Phi) is 4.00. The van der Waals surface area contributed by atoms with Crippen LogP contribution in [0.1, 0.15) is 23.6 Å². The summed E-state index contributed by atoms with van der Waals surface area (Å²) in [5, 5.41) is 3.08. The summed E-state index contributed by atoms with van der Waals surface area (Å²) in [5.74, 6) is 2.03. The van der Waals surface area contributed by atoms with Crippen LogP contribution < -0.4 is 10.1 Å². The number of rotatable bonds is 4. The van der Waals surface area contributed by atoms with Crippen LogP contribution in [-0.2, 0) is 0 Å². The largest absolute Gasteiger partial charge is 0.438 e. The van der Waals surface area contributed by atoms with Crippen molar-refractivity contribution < 1.29 is 4.74 Å². The molecule has 0 saturated carbocycles. The van der Waals surface area contributed by atoms with Gasteiger partial charge < -0.3 is 10.1 Å². The van der Waals surface area contributed by atoms with Crippen molar-refractivity contribution in [3.63, 3.8) is 0 Å². The molecule has 2 aromatic rings. The molecule has 4 nitrogen and oxygen atoms in total. The molecule has 1 aromatic heterocycles. The molecule has 0 bridgehead atoms. The molecule has 1 aromatic carbocycles. The molecule has 0 amide bonds. The van der Waals surface area contributed by atoms with Crippen molar-refractivity contribution in [1.82, 2.24) is 9.97 Å². The average Bonchev–Trinajstić information content (AvgIpc) is 2.39. The van der Waals surface area contributed by atoms with E-state index in [1.807, 2.05) is 32.9 Å². The fraction of sp³-hybridized carbons (Fsp3) is 0.333. The Morgan fingerprint density at radius 3 is 2.68 bits per heavy atom. The fourth-order valence-electron chi connectivity index (χ4n) is 1.71. The second-order valence-corrected chi connectivity index (χ2v) is 4.51. The third kappa shape index (κ3) is 3.02. The molecule has 0 unspecified atom stereocenters. The predicted octanol–water partition coefficient (Wildman–Crippen LogP) is 3.63. The van der Waals surface area contributed by atoms with Gasteiger partial charge in [-0.25, -0.2) is 4.98 Å². The molecule has 2 rings (SSSR count). The van der Waals surface area contributed by atoms with E-state index < -0.39 is 0 Å². The van der Waals surface area contributed by atoms with Crippen molar-refractivity contribution in [1.29, 1.82) is 0 Å². The monoisotopic (exact) mass is 257 g/mol. The van der Waals surface area contributed by atoms with E-state index in [0.29, 0.717) is 11.8 Å². The van der Waals surface area contributed by atoms with Crippen molar-refractivity contribution in [3.05, 3.63) is 41.1 Å². The minimum absolute atomic E-state index is 0.591. The van der Waals surface area contributed by atoms with E-state index >= 15 is 0 Å². The van der Waals surface area contributed by atoms with E-state index in [1.54, 1.807) is 6.20 Å². The highest BCUT2D eigenvalue weighted by Crippen LogP contribution is 2.27. The molecule has 4 heteroatoms. The molecule has 0 radical (unpaired) electrons. The van der Waals surface area contributed by atoms with Crippen LogP contribution in [0.4, 0.5) is 5.95 Å². The molecule has 100 valence electrons. The molecular formula is C15H19N3O. The Labute approximate surface area is 113 Å². The van der Waals surface area contributed by atoms with Gasteiger partial charge in [0.15, 0.2) is 0 Å². The lowest BCUT2D eigenvalue weighted by molar-refractivity contribution is 0.454. The molecule has 1 N–H and O–H groups in total. The highest BCUT2D eigenvalue weighted by Gasteiger charge is 2.08. The predicted molar refractivity (Wildman–Crippen MR) is 76.9 cm³/mol. The fourth-order valence-corrected chi connectivity index (χ4v) is 1.71. The number of nitrogens with one attached hydrogen (secondary N) is 1. The molecule has 0 aliphatic carbocycles. The van der Waals surface area contributed by atoms with Gasteiger partial charge in [0.25, 0.3) is 0 Å². The number of benzene rings is 1. The third-order valence-electron chi connectivity index (χ3n) is 3.02. The molecule has 19 heavy (non-hydrogen) atoms. The smallest absolute Gasteiger partial charge is 0.226 e. The van der Waals surface area contributed by atoms with Crippen LogP contribution >= 0.6 is 0 Å². The minimum Gasteiger partial charge on any atom is -0.438 e. The first-order valence-electron chi connectivity index (χ1n) is 6.43. The number of aromatic nitrogens is 2. The molecule has 0 spiro atoms.